The summed E-state index contributed by atoms with van der Waals surface area (Å²) in [6.45, 7) is 2.10. The molecule has 13 heavy (non-hydrogen) atoms. The molecule has 1 saturated heterocycles. The Kier molecular flexibility index (Phi) is 1.50. The third kappa shape index (κ3) is 1.36. The Morgan fingerprint density at radius 1 is 1.08 bits per heavy atom. The highest BCUT2D eigenvalue weighted by atomic mass is 16.2. The molecule has 0 unspecified atom stereocenters. The van der Waals surface area contributed by atoms with Gasteiger partial charge in [-0.05, 0) is 43.9 Å². The highest BCUT2D eigenvalue weighted by Crippen LogP contribution is 2.53. The van der Waals surface area contributed by atoms with Crippen LogP contribution in [0, 0.1) is 11.3 Å². The number of rotatable bonds is 1. The van der Waals surface area contributed by atoms with Gasteiger partial charge in [-0.2, -0.15) is 0 Å². The van der Waals surface area contributed by atoms with Crippen molar-refractivity contribution in [3.8, 4) is 0 Å². The van der Waals surface area contributed by atoms with Crippen LogP contribution in [0.25, 0.3) is 0 Å². The van der Waals surface area contributed by atoms with E-state index >= 15 is 0 Å². The first-order valence-corrected chi connectivity index (χ1v) is 5.58. The molecule has 3 fully saturated rings. The monoisotopic (exact) mass is 179 g/mol. The second kappa shape index (κ2) is 2.49. The molecule has 2 heteroatoms. The minimum absolute atomic E-state index is 0.424. The minimum Gasteiger partial charge on any atom is -0.342 e. The summed E-state index contributed by atoms with van der Waals surface area (Å²) in [5.74, 6) is 0.878. The number of carbonyl (C=O) groups excluding carboxylic acids is 1. The molecule has 1 amide bonds. The molecular weight excluding hydrogens is 162 g/mol. The van der Waals surface area contributed by atoms with Crippen molar-refractivity contribution in [1.82, 2.24) is 4.90 Å². The van der Waals surface area contributed by atoms with Crippen LogP contribution in [0.1, 0.15) is 38.5 Å². The summed E-state index contributed by atoms with van der Waals surface area (Å²) in [7, 11) is 0. The van der Waals surface area contributed by atoms with E-state index in [1.807, 2.05) is 0 Å². The van der Waals surface area contributed by atoms with E-state index in [0.29, 0.717) is 17.2 Å². The number of amides is 1. The molecule has 3 rings (SSSR count). The summed E-state index contributed by atoms with van der Waals surface area (Å²) in [5.41, 5.74) is 0.709. The van der Waals surface area contributed by atoms with Crippen molar-refractivity contribution in [2.75, 3.05) is 13.1 Å². The molecule has 0 aromatic carbocycles. The Balaban J connectivity index is 1.58. The third-order valence-electron chi connectivity index (χ3n) is 4.02. The Labute approximate surface area is 79.3 Å². The van der Waals surface area contributed by atoms with E-state index in [4.69, 9.17) is 0 Å². The van der Waals surface area contributed by atoms with Crippen molar-refractivity contribution in [3.63, 3.8) is 0 Å². The second-order valence-electron chi connectivity index (χ2n) is 5.10. The molecule has 0 radical (unpaired) electrons. The van der Waals surface area contributed by atoms with Gasteiger partial charge in [0, 0.05) is 19.0 Å². The van der Waals surface area contributed by atoms with Crippen molar-refractivity contribution in [2.24, 2.45) is 11.3 Å². The van der Waals surface area contributed by atoms with Gasteiger partial charge in [0.25, 0.3) is 0 Å². The van der Waals surface area contributed by atoms with E-state index < -0.39 is 0 Å². The molecule has 0 aromatic heterocycles. The van der Waals surface area contributed by atoms with E-state index in [2.05, 4.69) is 4.90 Å². The zero-order chi connectivity index (χ0) is 8.89. The molecule has 2 nitrogen and oxygen atoms in total. The molecule has 72 valence electrons. The fourth-order valence-electron chi connectivity index (χ4n) is 2.47. The Morgan fingerprint density at radius 3 is 2.15 bits per heavy atom. The van der Waals surface area contributed by atoms with Crippen LogP contribution in [0.5, 0.6) is 0 Å². The molecular formula is C11H17NO. The van der Waals surface area contributed by atoms with Crippen LogP contribution in [0.2, 0.25) is 0 Å². The highest BCUT2D eigenvalue weighted by molar-refractivity contribution is 5.81. The molecule has 0 bridgehead atoms. The minimum atomic E-state index is 0.424. The van der Waals surface area contributed by atoms with Crippen LogP contribution in [-0.4, -0.2) is 23.9 Å². The smallest absolute Gasteiger partial charge is 0.225 e. The zero-order valence-electron chi connectivity index (χ0n) is 8.09. The lowest BCUT2D eigenvalue weighted by molar-refractivity contribution is -0.134. The molecule has 1 heterocycles. The number of piperidine rings is 1. The van der Waals surface area contributed by atoms with Crippen LogP contribution in [0.3, 0.4) is 0 Å². The predicted octanol–water partition coefficient (Wildman–Crippen LogP) is 1.80. The SMILES string of the molecule is O=C(C1CC1)N1CCC2(CC1)CC2. The van der Waals surface area contributed by atoms with Gasteiger partial charge in [-0.25, -0.2) is 0 Å². The van der Waals surface area contributed by atoms with Crippen LogP contribution in [-0.2, 0) is 4.79 Å². The first-order chi connectivity index (χ1) is 6.29. The third-order valence-corrected chi connectivity index (χ3v) is 4.02. The van der Waals surface area contributed by atoms with Gasteiger partial charge in [-0.1, -0.05) is 0 Å². The summed E-state index contributed by atoms with van der Waals surface area (Å²) in [4.78, 5) is 13.8. The largest absolute Gasteiger partial charge is 0.342 e. The highest BCUT2D eigenvalue weighted by Gasteiger charge is 2.46. The number of likely N-dealkylation sites (tertiary alicyclic amines) is 1. The summed E-state index contributed by atoms with van der Waals surface area (Å²) in [6.07, 6.45) is 7.73. The van der Waals surface area contributed by atoms with Crippen molar-refractivity contribution in [3.05, 3.63) is 0 Å². The predicted molar refractivity (Wildman–Crippen MR) is 50.2 cm³/mol. The van der Waals surface area contributed by atoms with Gasteiger partial charge in [0.2, 0.25) is 5.91 Å². The van der Waals surface area contributed by atoms with Gasteiger partial charge < -0.3 is 4.90 Å². The lowest BCUT2D eigenvalue weighted by Gasteiger charge is -2.32. The number of carbonyl (C=O) groups is 1. The van der Waals surface area contributed by atoms with Gasteiger partial charge in [0.1, 0.15) is 0 Å². The van der Waals surface area contributed by atoms with Gasteiger partial charge >= 0.3 is 0 Å². The van der Waals surface area contributed by atoms with E-state index in [1.165, 1.54) is 25.7 Å². The molecule has 0 aromatic rings. The van der Waals surface area contributed by atoms with E-state index in [-0.39, 0.29) is 0 Å². The van der Waals surface area contributed by atoms with Crippen LogP contribution >= 0.6 is 0 Å². The Hall–Kier alpha value is -0.530. The van der Waals surface area contributed by atoms with Gasteiger partial charge in [-0.3, -0.25) is 4.79 Å². The number of hydrogen-bond acceptors (Lipinski definition) is 1. The first-order valence-electron chi connectivity index (χ1n) is 5.58. The fourth-order valence-corrected chi connectivity index (χ4v) is 2.47. The second-order valence-corrected chi connectivity index (χ2v) is 5.10. The van der Waals surface area contributed by atoms with Crippen LogP contribution in [0.4, 0.5) is 0 Å². The van der Waals surface area contributed by atoms with Crippen molar-refractivity contribution < 1.29 is 4.79 Å². The summed E-state index contributed by atoms with van der Waals surface area (Å²) >= 11 is 0. The quantitative estimate of drug-likeness (QED) is 0.601. The summed E-state index contributed by atoms with van der Waals surface area (Å²) < 4.78 is 0. The van der Waals surface area contributed by atoms with Crippen LogP contribution < -0.4 is 0 Å². The summed E-state index contributed by atoms with van der Waals surface area (Å²) in [5, 5.41) is 0. The van der Waals surface area contributed by atoms with Crippen molar-refractivity contribution >= 4 is 5.91 Å². The zero-order valence-corrected chi connectivity index (χ0v) is 8.09. The number of nitrogens with zero attached hydrogens (tertiary/aromatic N) is 1. The van der Waals surface area contributed by atoms with E-state index in [9.17, 15) is 4.79 Å². The molecule has 1 spiro atoms. The maximum atomic E-state index is 11.7. The molecule has 3 aliphatic rings. The van der Waals surface area contributed by atoms with Crippen molar-refractivity contribution in [1.29, 1.82) is 0 Å². The molecule has 0 N–H and O–H groups in total. The van der Waals surface area contributed by atoms with E-state index in [0.717, 1.165) is 25.9 Å². The van der Waals surface area contributed by atoms with Crippen molar-refractivity contribution in [2.45, 2.75) is 38.5 Å². The summed E-state index contributed by atoms with van der Waals surface area (Å²) in [6, 6.07) is 0. The molecule has 2 saturated carbocycles. The Morgan fingerprint density at radius 2 is 1.69 bits per heavy atom. The normalized spacial score (nSPS) is 30.6. The first kappa shape index (κ1) is 7.84. The maximum Gasteiger partial charge on any atom is 0.225 e. The average molecular weight is 179 g/mol. The maximum absolute atomic E-state index is 11.7. The molecule has 2 aliphatic carbocycles. The fraction of sp³-hybridized carbons (Fsp3) is 0.909. The molecule has 1 aliphatic heterocycles. The molecule has 0 atom stereocenters. The average Bonchev–Trinajstić information content (AvgIpc) is 2.98. The topological polar surface area (TPSA) is 20.3 Å². The van der Waals surface area contributed by atoms with Crippen LogP contribution in [0.15, 0.2) is 0 Å². The number of hydrogen-bond donors (Lipinski definition) is 0. The van der Waals surface area contributed by atoms with Gasteiger partial charge in [0.05, 0.1) is 0 Å². The van der Waals surface area contributed by atoms with E-state index in [1.54, 1.807) is 0 Å². The lowest BCUT2D eigenvalue weighted by Crippen LogP contribution is -2.39. The van der Waals surface area contributed by atoms with Gasteiger partial charge in [0.15, 0.2) is 0 Å². The Bertz CT molecular complexity index is 230. The lowest BCUT2D eigenvalue weighted by atomic mass is 9.93. The van der Waals surface area contributed by atoms with Gasteiger partial charge in [-0.15, -0.1) is 0 Å². The standard InChI is InChI=1S/C11H17NO/c13-10(9-1-2-9)12-7-5-11(3-4-11)6-8-12/h9H,1-8H2.